The lowest BCUT2D eigenvalue weighted by molar-refractivity contribution is -0.142. The molecule has 92 valence electrons. The standard InChI is InChI=1S/C12H15FN2O2/c1-8(9-5-10(13)7-14-6-9)15-4-2-3-11(15)12(16)17/h5-8,11H,2-4H2,1H3,(H,16,17). The Morgan fingerprint density at radius 2 is 2.41 bits per heavy atom. The summed E-state index contributed by atoms with van der Waals surface area (Å²) in [5, 5.41) is 9.10. The topological polar surface area (TPSA) is 53.4 Å². The first-order chi connectivity index (χ1) is 8.09. The Morgan fingerprint density at radius 3 is 3.06 bits per heavy atom. The molecule has 1 aromatic rings. The maximum absolute atomic E-state index is 13.1. The van der Waals surface area contributed by atoms with Crippen LogP contribution in [0.4, 0.5) is 4.39 Å². The molecule has 1 aliphatic heterocycles. The zero-order valence-corrected chi connectivity index (χ0v) is 9.64. The van der Waals surface area contributed by atoms with Crippen LogP contribution in [0.2, 0.25) is 0 Å². The summed E-state index contributed by atoms with van der Waals surface area (Å²) in [6, 6.07) is 0.824. The van der Waals surface area contributed by atoms with Crippen LogP contribution in [-0.2, 0) is 4.79 Å². The summed E-state index contributed by atoms with van der Waals surface area (Å²) in [5.41, 5.74) is 0.721. The number of carboxylic acids is 1. The van der Waals surface area contributed by atoms with Gasteiger partial charge in [-0.15, -0.1) is 0 Å². The van der Waals surface area contributed by atoms with Gasteiger partial charge in [-0.1, -0.05) is 0 Å². The van der Waals surface area contributed by atoms with Crippen LogP contribution in [0.25, 0.3) is 0 Å². The number of likely N-dealkylation sites (tertiary alicyclic amines) is 1. The molecule has 1 N–H and O–H groups in total. The highest BCUT2D eigenvalue weighted by atomic mass is 19.1. The highest BCUT2D eigenvalue weighted by Crippen LogP contribution is 2.29. The van der Waals surface area contributed by atoms with Gasteiger partial charge in [0.2, 0.25) is 0 Å². The summed E-state index contributed by atoms with van der Waals surface area (Å²) < 4.78 is 13.1. The van der Waals surface area contributed by atoms with E-state index in [1.54, 1.807) is 6.20 Å². The Kier molecular flexibility index (Phi) is 3.38. The smallest absolute Gasteiger partial charge is 0.320 e. The predicted octanol–water partition coefficient (Wildman–Crippen LogP) is 1.83. The summed E-state index contributed by atoms with van der Waals surface area (Å²) >= 11 is 0. The number of pyridine rings is 1. The minimum Gasteiger partial charge on any atom is -0.480 e. The second-order valence-corrected chi connectivity index (χ2v) is 4.35. The Labute approximate surface area is 99.1 Å². The van der Waals surface area contributed by atoms with Crippen molar-refractivity contribution in [3.8, 4) is 0 Å². The van der Waals surface area contributed by atoms with Crippen LogP contribution < -0.4 is 0 Å². The average molecular weight is 238 g/mol. The summed E-state index contributed by atoms with van der Waals surface area (Å²) in [7, 11) is 0. The molecule has 1 fully saturated rings. The average Bonchev–Trinajstić information content (AvgIpc) is 2.77. The van der Waals surface area contributed by atoms with Crippen molar-refractivity contribution >= 4 is 5.97 Å². The molecule has 17 heavy (non-hydrogen) atoms. The van der Waals surface area contributed by atoms with Crippen LogP contribution in [-0.4, -0.2) is 33.5 Å². The molecular formula is C12H15FN2O2. The van der Waals surface area contributed by atoms with E-state index in [0.29, 0.717) is 6.42 Å². The van der Waals surface area contributed by atoms with E-state index >= 15 is 0 Å². The molecule has 0 amide bonds. The zero-order valence-electron chi connectivity index (χ0n) is 9.64. The highest BCUT2D eigenvalue weighted by Gasteiger charge is 2.34. The van der Waals surface area contributed by atoms with Gasteiger partial charge < -0.3 is 5.11 Å². The number of hydrogen-bond donors (Lipinski definition) is 1. The molecule has 2 unspecified atom stereocenters. The maximum atomic E-state index is 13.1. The Bertz CT molecular complexity index is 425. The number of carboxylic acid groups (broad SMARTS) is 1. The lowest BCUT2D eigenvalue weighted by atomic mass is 10.1. The number of hydrogen-bond acceptors (Lipinski definition) is 3. The normalized spacial score (nSPS) is 22.6. The van der Waals surface area contributed by atoms with Crippen molar-refractivity contribution in [3.63, 3.8) is 0 Å². The summed E-state index contributed by atoms with van der Waals surface area (Å²) in [6.45, 7) is 2.62. The van der Waals surface area contributed by atoms with E-state index in [4.69, 9.17) is 5.11 Å². The summed E-state index contributed by atoms with van der Waals surface area (Å²) in [6.07, 6.45) is 4.26. The van der Waals surface area contributed by atoms with E-state index in [-0.39, 0.29) is 11.9 Å². The molecule has 2 atom stereocenters. The van der Waals surface area contributed by atoms with Gasteiger partial charge >= 0.3 is 5.97 Å². The van der Waals surface area contributed by atoms with E-state index in [9.17, 15) is 9.18 Å². The minimum atomic E-state index is -0.807. The first-order valence-electron chi connectivity index (χ1n) is 5.68. The quantitative estimate of drug-likeness (QED) is 0.872. The summed E-state index contributed by atoms with van der Waals surface area (Å²) in [4.78, 5) is 16.8. The van der Waals surface area contributed by atoms with Gasteiger partial charge in [0.1, 0.15) is 11.9 Å². The second-order valence-electron chi connectivity index (χ2n) is 4.35. The molecule has 1 aromatic heterocycles. The highest BCUT2D eigenvalue weighted by molar-refractivity contribution is 5.73. The summed E-state index contributed by atoms with van der Waals surface area (Å²) in [5.74, 6) is -1.20. The SMILES string of the molecule is CC(c1cncc(F)c1)N1CCCC1C(=O)O. The minimum absolute atomic E-state index is 0.123. The number of rotatable bonds is 3. The van der Waals surface area contributed by atoms with Crippen LogP contribution in [0.1, 0.15) is 31.4 Å². The first kappa shape index (κ1) is 12.0. The molecule has 2 heterocycles. The van der Waals surface area contributed by atoms with Crippen LogP contribution in [0.15, 0.2) is 18.5 Å². The molecular weight excluding hydrogens is 223 g/mol. The monoisotopic (exact) mass is 238 g/mol. The molecule has 2 rings (SSSR count). The van der Waals surface area contributed by atoms with Gasteiger partial charge in [0, 0.05) is 12.2 Å². The van der Waals surface area contributed by atoms with Gasteiger partial charge in [0.15, 0.2) is 0 Å². The van der Waals surface area contributed by atoms with E-state index < -0.39 is 12.0 Å². The maximum Gasteiger partial charge on any atom is 0.320 e. The molecule has 0 radical (unpaired) electrons. The molecule has 0 aliphatic carbocycles. The third-order valence-corrected chi connectivity index (χ3v) is 3.29. The predicted molar refractivity (Wildman–Crippen MR) is 60.0 cm³/mol. The largest absolute Gasteiger partial charge is 0.480 e. The van der Waals surface area contributed by atoms with Crippen LogP contribution >= 0.6 is 0 Å². The number of halogens is 1. The van der Waals surface area contributed by atoms with Crippen molar-refractivity contribution in [2.75, 3.05) is 6.54 Å². The number of aromatic nitrogens is 1. The number of carbonyl (C=O) groups is 1. The Balaban J connectivity index is 2.19. The number of nitrogens with zero attached hydrogens (tertiary/aromatic N) is 2. The Morgan fingerprint density at radius 1 is 1.65 bits per heavy atom. The molecule has 0 spiro atoms. The third kappa shape index (κ3) is 2.44. The fourth-order valence-electron chi connectivity index (χ4n) is 2.37. The van der Waals surface area contributed by atoms with Gasteiger partial charge in [-0.25, -0.2) is 4.39 Å². The van der Waals surface area contributed by atoms with E-state index in [0.717, 1.165) is 24.7 Å². The van der Waals surface area contributed by atoms with Gasteiger partial charge in [-0.05, 0) is 37.9 Å². The van der Waals surface area contributed by atoms with Crippen molar-refractivity contribution in [1.82, 2.24) is 9.88 Å². The lowest BCUT2D eigenvalue weighted by Gasteiger charge is -2.28. The van der Waals surface area contributed by atoms with Crippen LogP contribution in [0.5, 0.6) is 0 Å². The van der Waals surface area contributed by atoms with E-state index in [1.807, 2.05) is 11.8 Å². The molecule has 0 bridgehead atoms. The van der Waals surface area contributed by atoms with Crippen molar-refractivity contribution in [3.05, 3.63) is 29.8 Å². The van der Waals surface area contributed by atoms with Gasteiger partial charge in [0.05, 0.1) is 6.20 Å². The molecule has 1 saturated heterocycles. The molecule has 0 aromatic carbocycles. The van der Waals surface area contributed by atoms with Gasteiger partial charge in [-0.2, -0.15) is 0 Å². The molecule has 0 saturated carbocycles. The van der Waals surface area contributed by atoms with Crippen LogP contribution in [0.3, 0.4) is 0 Å². The second kappa shape index (κ2) is 4.79. The molecule has 4 nitrogen and oxygen atoms in total. The van der Waals surface area contributed by atoms with Gasteiger partial charge in [0.25, 0.3) is 0 Å². The van der Waals surface area contributed by atoms with Crippen molar-refractivity contribution < 1.29 is 14.3 Å². The van der Waals surface area contributed by atoms with Gasteiger partial charge in [-0.3, -0.25) is 14.7 Å². The molecule has 5 heteroatoms. The fourth-order valence-corrected chi connectivity index (χ4v) is 2.37. The Hall–Kier alpha value is -1.49. The van der Waals surface area contributed by atoms with E-state index in [1.165, 1.54) is 6.07 Å². The first-order valence-corrected chi connectivity index (χ1v) is 5.68. The van der Waals surface area contributed by atoms with Crippen molar-refractivity contribution in [2.24, 2.45) is 0 Å². The van der Waals surface area contributed by atoms with E-state index in [2.05, 4.69) is 4.98 Å². The van der Waals surface area contributed by atoms with Crippen molar-refractivity contribution in [1.29, 1.82) is 0 Å². The lowest BCUT2D eigenvalue weighted by Crippen LogP contribution is -2.37. The third-order valence-electron chi connectivity index (χ3n) is 3.29. The fraction of sp³-hybridized carbons (Fsp3) is 0.500. The van der Waals surface area contributed by atoms with Crippen LogP contribution in [0, 0.1) is 5.82 Å². The molecule has 1 aliphatic rings. The number of aliphatic carboxylic acids is 1. The van der Waals surface area contributed by atoms with Crippen molar-refractivity contribution in [2.45, 2.75) is 31.8 Å². The zero-order chi connectivity index (χ0) is 12.4.